The molecular weight excluding hydrogens is 363 g/mol. The Labute approximate surface area is 150 Å². The van der Waals surface area contributed by atoms with Crippen molar-refractivity contribution in [2.24, 2.45) is 0 Å². The molecule has 1 aliphatic heterocycles. The summed E-state index contributed by atoms with van der Waals surface area (Å²) in [5, 5.41) is 9.46. The van der Waals surface area contributed by atoms with Crippen LogP contribution in [-0.2, 0) is 14.8 Å². The van der Waals surface area contributed by atoms with Crippen LogP contribution in [0.4, 0.5) is 15.8 Å². The van der Waals surface area contributed by atoms with Gasteiger partial charge in [0.2, 0.25) is 0 Å². The van der Waals surface area contributed by atoms with Gasteiger partial charge in [0.05, 0.1) is 29.4 Å². The van der Waals surface area contributed by atoms with Crippen molar-refractivity contribution in [2.75, 3.05) is 35.9 Å². The number of benzene rings is 2. The Morgan fingerprint density at radius 2 is 1.77 bits per heavy atom. The Hall–Kier alpha value is -2.65. The maximum atomic E-state index is 13.0. The maximum absolute atomic E-state index is 13.0. The van der Waals surface area contributed by atoms with Crippen molar-refractivity contribution in [2.45, 2.75) is 4.90 Å². The Balaban J connectivity index is 1.91. The Morgan fingerprint density at radius 1 is 1.12 bits per heavy atom. The lowest BCUT2D eigenvalue weighted by Crippen LogP contribution is -2.36. The summed E-state index contributed by atoms with van der Waals surface area (Å²) >= 11 is 0. The van der Waals surface area contributed by atoms with Crippen molar-refractivity contribution >= 4 is 27.4 Å². The van der Waals surface area contributed by atoms with Crippen molar-refractivity contribution in [1.29, 1.82) is 0 Å². The zero-order valence-electron chi connectivity index (χ0n) is 13.7. The van der Waals surface area contributed by atoms with E-state index in [0.717, 1.165) is 24.3 Å². The molecule has 1 fully saturated rings. The van der Waals surface area contributed by atoms with Crippen LogP contribution in [0, 0.1) is 5.82 Å². The van der Waals surface area contributed by atoms with Gasteiger partial charge in [0, 0.05) is 18.8 Å². The number of carboxylic acids is 1. The minimum atomic E-state index is -4.04. The van der Waals surface area contributed by atoms with Crippen LogP contribution in [0.25, 0.3) is 0 Å². The fourth-order valence-electron chi connectivity index (χ4n) is 2.63. The van der Waals surface area contributed by atoms with Crippen molar-refractivity contribution in [3.05, 3.63) is 53.8 Å². The smallest absolute Gasteiger partial charge is 0.337 e. The number of nitrogens with zero attached hydrogens (tertiary/aromatic N) is 1. The highest BCUT2D eigenvalue weighted by Gasteiger charge is 2.21. The van der Waals surface area contributed by atoms with Gasteiger partial charge in [-0.15, -0.1) is 0 Å². The Bertz CT molecular complexity index is 909. The number of anilines is 2. The highest BCUT2D eigenvalue weighted by atomic mass is 32.2. The second-order valence-electron chi connectivity index (χ2n) is 5.69. The number of nitrogens with one attached hydrogen (secondary N) is 1. The van der Waals surface area contributed by atoms with Gasteiger partial charge in [-0.2, -0.15) is 0 Å². The molecule has 2 N–H and O–H groups in total. The number of carbonyl (C=O) groups is 1. The van der Waals surface area contributed by atoms with Crippen LogP contribution in [-0.4, -0.2) is 45.8 Å². The van der Waals surface area contributed by atoms with Gasteiger partial charge in [0.25, 0.3) is 10.0 Å². The van der Waals surface area contributed by atoms with Gasteiger partial charge >= 0.3 is 5.97 Å². The number of sulfonamides is 1. The SMILES string of the molecule is O=C(O)c1cc(N2CCOCC2)ccc1NS(=O)(=O)c1ccc(F)cc1. The minimum Gasteiger partial charge on any atom is -0.478 e. The van der Waals surface area contributed by atoms with Gasteiger partial charge in [-0.05, 0) is 42.5 Å². The van der Waals surface area contributed by atoms with E-state index >= 15 is 0 Å². The average molecular weight is 380 g/mol. The predicted octanol–water partition coefficient (Wildman–Crippen LogP) is 2.16. The summed E-state index contributed by atoms with van der Waals surface area (Å²) in [7, 11) is -4.04. The molecule has 0 aliphatic carbocycles. The Morgan fingerprint density at radius 3 is 2.38 bits per heavy atom. The molecule has 138 valence electrons. The molecule has 0 spiro atoms. The number of aromatic carboxylic acids is 1. The molecule has 0 bridgehead atoms. The average Bonchev–Trinajstić information content (AvgIpc) is 2.62. The van der Waals surface area contributed by atoms with Gasteiger partial charge in [0.1, 0.15) is 5.82 Å². The second-order valence-corrected chi connectivity index (χ2v) is 7.38. The van der Waals surface area contributed by atoms with E-state index in [0.29, 0.717) is 32.0 Å². The third-order valence-electron chi connectivity index (χ3n) is 3.98. The van der Waals surface area contributed by atoms with Crippen molar-refractivity contribution in [1.82, 2.24) is 0 Å². The number of carboxylic acid groups (broad SMARTS) is 1. The van der Waals surface area contributed by atoms with E-state index in [1.807, 2.05) is 4.90 Å². The zero-order chi connectivity index (χ0) is 18.7. The predicted molar refractivity (Wildman–Crippen MR) is 93.6 cm³/mol. The number of halogens is 1. The van der Waals surface area contributed by atoms with Crippen LogP contribution in [0.2, 0.25) is 0 Å². The molecule has 2 aromatic carbocycles. The number of rotatable bonds is 5. The molecule has 1 saturated heterocycles. The number of hydrogen-bond acceptors (Lipinski definition) is 5. The molecular formula is C17H17FN2O5S. The van der Waals surface area contributed by atoms with Crippen molar-refractivity contribution in [3.8, 4) is 0 Å². The maximum Gasteiger partial charge on any atom is 0.337 e. The van der Waals surface area contributed by atoms with Gasteiger partial charge in [-0.3, -0.25) is 4.72 Å². The summed E-state index contributed by atoms with van der Waals surface area (Å²) < 4.78 is 45.4. The second kappa shape index (κ2) is 7.30. The molecule has 0 unspecified atom stereocenters. The molecule has 0 aromatic heterocycles. The van der Waals surface area contributed by atoms with E-state index in [1.54, 1.807) is 6.07 Å². The third kappa shape index (κ3) is 3.94. The Kier molecular flexibility index (Phi) is 5.10. The fourth-order valence-corrected chi connectivity index (χ4v) is 3.71. The first kappa shape index (κ1) is 18.2. The highest BCUT2D eigenvalue weighted by Crippen LogP contribution is 2.26. The van der Waals surface area contributed by atoms with Crippen molar-refractivity contribution in [3.63, 3.8) is 0 Å². The van der Waals surface area contributed by atoms with E-state index in [4.69, 9.17) is 4.74 Å². The van der Waals surface area contributed by atoms with E-state index in [9.17, 15) is 22.7 Å². The zero-order valence-corrected chi connectivity index (χ0v) is 14.5. The summed E-state index contributed by atoms with van der Waals surface area (Å²) in [6, 6.07) is 8.76. The molecule has 9 heteroatoms. The third-order valence-corrected chi connectivity index (χ3v) is 5.36. The lowest BCUT2D eigenvalue weighted by atomic mass is 10.1. The van der Waals surface area contributed by atoms with E-state index < -0.39 is 21.8 Å². The monoisotopic (exact) mass is 380 g/mol. The summed E-state index contributed by atoms with van der Waals surface area (Å²) in [6.45, 7) is 2.34. The molecule has 1 heterocycles. The summed E-state index contributed by atoms with van der Waals surface area (Å²) in [5.41, 5.74) is 0.453. The van der Waals surface area contributed by atoms with Gasteiger partial charge in [-0.1, -0.05) is 0 Å². The van der Waals surface area contributed by atoms with Gasteiger partial charge in [0.15, 0.2) is 0 Å². The number of hydrogen-bond donors (Lipinski definition) is 2. The quantitative estimate of drug-likeness (QED) is 0.825. The van der Waals surface area contributed by atoms with Crippen molar-refractivity contribution < 1.29 is 27.4 Å². The molecule has 0 atom stereocenters. The minimum absolute atomic E-state index is 0.0566. The first-order valence-electron chi connectivity index (χ1n) is 7.85. The molecule has 0 amide bonds. The molecule has 2 aromatic rings. The topological polar surface area (TPSA) is 95.9 Å². The van der Waals surface area contributed by atoms with Gasteiger partial charge < -0.3 is 14.7 Å². The molecule has 7 nitrogen and oxygen atoms in total. The first-order chi connectivity index (χ1) is 12.4. The lowest BCUT2D eigenvalue weighted by molar-refractivity contribution is 0.0698. The highest BCUT2D eigenvalue weighted by molar-refractivity contribution is 7.92. The molecule has 0 saturated carbocycles. The normalized spacial score (nSPS) is 14.9. The number of ether oxygens (including phenoxy) is 1. The molecule has 26 heavy (non-hydrogen) atoms. The van der Waals surface area contributed by atoms with E-state index in [1.165, 1.54) is 12.1 Å². The number of morpholine rings is 1. The summed E-state index contributed by atoms with van der Waals surface area (Å²) in [5.74, 6) is -1.82. The summed E-state index contributed by atoms with van der Waals surface area (Å²) in [4.78, 5) is 13.4. The van der Waals surface area contributed by atoms with Crippen LogP contribution < -0.4 is 9.62 Å². The van der Waals surface area contributed by atoms with Crippen LogP contribution in [0.15, 0.2) is 47.4 Å². The van der Waals surface area contributed by atoms with Crippen LogP contribution in [0.5, 0.6) is 0 Å². The summed E-state index contributed by atoms with van der Waals surface area (Å²) in [6.07, 6.45) is 0. The molecule has 0 radical (unpaired) electrons. The van der Waals surface area contributed by atoms with Gasteiger partial charge in [-0.25, -0.2) is 17.6 Å². The fraction of sp³-hybridized carbons (Fsp3) is 0.235. The van der Waals surface area contributed by atoms with E-state index in [-0.39, 0.29) is 16.1 Å². The molecule has 1 aliphatic rings. The van der Waals surface area contributed by atoms with E-state index in [2.05, 4.69) is 4.72 Å². The first-order valence-corrected chi connectivity index (χ1v) is 9.33. The lowest BCUT2D eigenvalue weighted by Gasteiger charge is -2.29. The van der Waals surface area contributed by atoms with Crippen LogP contribution in [0.1, 0.15) is 10.4 Å². The largest absolute Gasteiger partial charge is 0.478 e. The standard InChI is InChI=1S/C17H17FN2O5S/c18-12-1-4-14(5-2-12)26(23,24)19-16-6-3-13(11-15(16)17(21)22)20-7-9-25-10-8-20/h1-6,11,19H,7-10H2,(H,21,22). The van der Waals surface area contributed by atoms with Crippen LogP contribution >= 0.6 is 0 Å². The van der Waals surface area contributed by atoms with Crippen LogP contribution in [0.3, 0.4) is 0 Å². The molecule has 3 rings (SSSR count).